The van der Waals surface area contributed by atoms with Crippen LogP contribution in [0.1, 0.15) is 44.2 Å². The van der Waals surface area contributed by atoms with E-state index >= 15 is 0 Å². The third-order valence-electron chi connectivity index (χ3n) is 3.55. The summed E-state index contributed by atoms with van der Waals surface area (Å²) in [6.07, 6.45) is 4.80. The minimum Gasteiger partial charge on any atom is -0.328 e. The molecular weight excluding hydrogens is 276 g/mol. The van der Waals surface area contributed by atoms with Crippen molar-refractivity contribution in [1.29, 1.82) is 0 Å². The van der Waals surface area contributed by atoms with Crippen LogP contribution < -0.4 is 11.1 Å². The first-order valence-corrected chi connectivity index (χ1v) is 7.21. The number of hydrogen-bond acceptors (Lipinski definition) is 2. The maximum atomic E-state index is 6.02. The fourth-order valence-corrected chi connectivity index (χ4v) is 3.02. The highest BCUT2D eigenvalue weighted by atomic mass is 79.9. The fourth-order valence-electron chi connectivity index (χ4n) is 2.60. The van der Waals surface area contributed by atoms with Crippen molar-refractivity contribution in [3.05, 3.63) is 34.3 Å². The highest BCUT2D eigenvalue weighted by molar-refractivity contribution is 9.10. The molecule has 1 aromatic carbocycles. The number of nitrogens with two attached hydrogens (primary N) is 1. The molecule has 3 atom stereocenters. The van der Waals surface area contributed by atoms with Crippen molar-refractivity contribution in [2.45, 2.75) is 50.7 Å². The Balaban J connectivity index is 1.94. The van der Waals surface area contributed by atoms with Gasteiger partial charge in [0.15, 0.2) is 0 Å². The highest BCUT2D eigenvalue weighted by Crippen LogP contribution is 2.22. The van der Waals surface area contributed by atoms with Gasteiger partial charge in [-0.1, -0.05) is 34.5 Å². The van der Waals surface area contributed by atoms with Crippen molar-refractivity contribution in [2.75, 3.05) is 0 Å². The largest absolute Gasteiger partial charge is 0.328 e. The first kappa shape index (κ1) is 13.1. The third-order valence-corrected chi connectivity index (χ3v) is 4.04. The molecule has 2 unspecified atom stereocenters. The van der Waals surface area contributed by atoms with Crippen LogP contribution in [0.25, 0.3) is 0 Å². The smallest absolute Gasteiger partial charge is 0.0294 e. The van der Waals surface area contributed by atoms with Crippen LogP contribution in [0.2, 0.25) is 0 Å². The summed E-state index contributed by atoms with van der Waals surface area (Å²) in [4.78, 5) is 0. The number of rotatable bonds is 3. The van der Waals surface area contributed by atoms with Crippen molar-refractivity contribution in [2.24, 2.45) is 5.73 Å². The zero-order valence-electron chi connectivity index (χ0n) is 10.3. The molecule has 0 heterocycles. The lowest BCUT2D eigenvalue weighted by Crippen LogP contribution is -2.40. The third kappa shape index (κ3) is 3.80. The van der Waals surface area contributed by atoms with Gasteiger partial charge in [0, 0.05) is 22.6 Å². The topological polar surface area (TPSA) is 38.0 Å². The summed E-state index contributed by atoms with van der Waals surface area (Å²) >= 11 is 3.52. The van der Waals surface area contributed by atoms with Crippen molar-refractivity contribution in [1.82, 2.24) is 5.32 Å². The Labute approximate surface area is 112 Å². The summed E-state index contributed by atoms with van der Waals surface area (Å²) in [6, 6.07) is 9.86. The van der Waals surface area contributed by atoms with Crippen LogP contribution in [0.5, 0.6) is 0 Å². The molecule has 0 bridgehead atoms. The zero-order valence-corrected chi connectivity index (χ0v) is 11.9. The van der Waals surface area contributed by atoms with E-state index in [4.69, 9.17) is 5.73 Å². The second-order valence-electron chi connectivity index (χ2n) is 5.07. The van der Waals surface area contributed by atoms with Gasteiger partial charge in [-0.05, 0) is 43.9 Å². The summed E-state index contributed by atoms with van der Waals surface area (Å²) in [5, 5.41) is 3.69. The second-order valence-corrected chi connectivity index (χ2v) is 5.98. The molecule has 2 nitrogen and oxygen atoms in total. The van der Waals surface area contributed by atoms with E-state index in [-0.39, 0.29) is 0 Å². The van der Waals surface area contributed by atoms with Crippen LogP contribution >= 0.6 is 15.9 Å². The van der Waals surface area contributed by atoms with Crippen LogP contribution in [0.3, 0.4) is 0 Å². The Bertz CT molecular complexity index is 367. The van der Waals surface area contributed by atoms with E-state index in [1.165, 1.54) is 24.8 Å². The van der Waals surface area contributed by atoms with E-state index in [0.717, 1.165) is 10.9 Å². The SMILES string of the molecule is C[C@H](NC1CCCC(N)C1)c1cccc(Br)c1. The van der Waals surface area contributed by atoms with Crippen LogP contribution in [0.4, 0.5) is 0 Å². The van der Waals surface area contributed by atoms with Gasteiger partial charge in [-0.15, -0.1) is 0 Å². The van der Waals surface area contributed by atoms with Crippen LogP contribution in [0, 0.1) is 0 Å². The molecule has 3 N–H and O–H groups in total. The molecule has 17 heavy (non-hydrogen) atoms. The average Bonchev–Trinajstić information content (AvgIpc) is 2.29. The Morgan fingerprint density at radius 3 is 2.94 bits per heavy atom. The van der Waals surface area contributed by atoms with Gasteiger partial charge in [-0.2, -0.15) is 0 Å². The lowest BCUT2D eigenvalue weighted by molar-refractivity contribution is 0.319. The molecule has 94 valence electrons. The summed E-state index contributed by atoms with van der Waals surface area (Å²) in [5.74, 6) is 0. The average molecular weight is 297 g/mol. The van der Waals surface area contributed by atoms with Gasteiger partial charge in [0.05, 0.1) is 0 Å². The standard InChI is InChI=1S/C14H21BrN2/c1-10(11-4-2-5-12(15)8-11)17-14-7-3-6-13(16)9-14/h2,4-5,8,10,13-14,17H,3,6-7,9,16H2,1H3/t10-,13?,14?/m0/s1. The minimum atomic E-state index is 0.385. The summed E-state index contributed by atoms with van der Waals surface area (Å²) in [7, 11) is 0. The quantitative estimate of drug-likeness (QED) is 0.897. The summed E-state index contributed by atoms with van der Waals surface area (Å²) in [5.41, 5.74) is 7.35. The first-order valence-electron chi connectivity index (χ1n) is 6.42. The lowest BCUT2D eigenvalue weighted by atomic mass is 9.91. The van der Waals surface area contributed by atoms with Crippen molar-refractivity contribution in [3.63, 3.8) is 0 Å². The number of halogens is 1. The van der Waals surface area contributed by atoms with Crippen LogP contribution in [-0.4, -0.2) is 12.1 Å². The van der Waals surface area contributed by atoms with Gasteiger partial charge in [0.25, 0.3) is 0 Å². The van der Waals surface area contributed by atoms with Gasteiger partial charge in [-0.25, -0.2) is 0 Å². The van der Waals surface area contributed by atoms with E-state index in [0.29, 0.717) is 18.1 Å². The van der Waals surface area contributed by atoms with Gasteiger partial charge in [-0.3, -0.25) is 0 Å². The Hall–Kier alpha value is -0.380. The molecule has 2 rings (SSSR count). The van der Waals surface area contributed by atoms with Gasteiger partial charge >= 0.3 is 0 Å². The molecule has 0 aromatic heterocycles. The maximum absolute atomic E-state index is 6.02. The van der Waals surface area contributed by atoms with E-state index in [9.17, 15) is 0 Å². The van der Waals surface area contributed by atoms with E-state index in [1.807, 2.05) is 0 Å². The molecule has 3 heteroatoms. The normalized spacial score (nSPS) is 26.8. The monoisotopic (exact) mass is 296 g/mol. The van der Waals surface area contributed by atoms with Crippen molar-refractivity contribution < 1.29 is 0 Å². The van der Waals surface area contributed by atoms with E-state index in [1.54, 1.807) is 0 Å². The van der Waals surface area contributed by atoms with Gasteiger partial charge in [0.1, 0.15) is 0 Å². The molecule has 0 aliphatic heterocycles. The molecule has 1 fully saturated rings. The van der Waals surface area contributed by atoms with Crippen LogP contribution in [0.15, 0.2) is 28.7 Å². The number of nitrogens with one attached hydrogen (secondary N) is 1. The molecular formula is C14H21BrN2. The highest BCUT2D eigenvalue weighted by Gasteiger charge is 2.20. The van der Waals surface area contributed by atoms with Crippen molar-refractivity contribution >= 4 is 15.9 Å². The molecule has 1 aliphatic carbocycles. The second kappa shape index (κ2) is 5.98. The molecule has 0 spiro atoms. The van der Waals surface area contributed by atoms with Crippen molar-refractivity contribution in [3.8, 4) is 0 Å². The zero-order chi connectivity index (χ0) is 12.3. The Morgan fingerprint density at radius 1 is 1.41 bits per heavy atom. The Morgan fingerprint density at radius 2 is 2.24 bits per heavy atom. The molecule has 1 aliphatic rings. The summed E-state index contributed by atoms with van der Waals surface area (Å²) < 4.78 is 1.14. The summed E-state index contributed by atoms with van der Waals surface area (Å²) in [6.45, 7) is 2.22. The fraction of sp³-hybridized carbons (Fsp3) is 0.571. The van der Waals surface area contributed by atoms with Gasteiger partial charge < -0.3 is 11.1 Å². The molecule has 1 aromatic rings. The lowest BCUT2D eigenvalue weighted by Gasteiger charge is -2.30. The van der Waals surface area contributed by atoms with Crippen LogP contribution in [-0.2, 0) is 0 Å². The van der Waals surface area contributed by atoms with Gasteiger partial charge in [0.2, 0.25) is 0 Å². The molecule has 0 radical (unpaired) electrons. The number of hydrogen-bond donors (Lipinski definition) is 2. The predicted molar refractivity (Wildman–Crippen MR) is 75.9 cm³/mol. The Kier molecular flexibility index (Phi) is 4.60. The minimum absolute atomic E-state index is 0.385. The number of benzene rings is 1. The molecule has 0 saturated heterocycles. The molecule has 1 saturated carbocycles. The predicted octanol–water partition coefficient (Wildman–Crippen LogP) is 3.37. The first-order chi connectivity index (χ1) is 8.15. The van der Waals surface area contributed by atoms with E-state index < -0.39 is 0 Å². The molecule has 0 amide bonds. The van der Waals surface area contributed by atoms with E-state index in [2.05, 4.69) is 52.4 Å². The maximum Gasteiger partial charge on any atom is 0.0294 e.